The Kier molecular flexibility index (Phi) is 7.56. The summed E-state index contributed by atoms with van der Waals surface area (Å²) in [5, 5.41) is 43.7. The van der Waals surface area contributed by atoms with Crippen LogP contribution in [0, 0.1) is 12.3 Å². The molecule has 19 heteroatoms. The van der Waals surface area contributed by atoms with Gasteiger partial charge in [0.05, 0.1) is 13.2 Å². The van der Waals surface area contributed by atoms with Crippen molar-refractivity contribution in [1.29, 1.82) is 0 Å². The molecule has 39 heavy (non-hydrogen) atoms. The second-order valence-electron chi connectivity index (χ2n) is 8.47. The van der Waals surface area contributed by atoms with E-state index in [0.29, 0.717) is 4.57 Å². The summed E-state index contributed by atoms with van der Waals surface area (Å²) in [7, 11) is 0. The number of nitrogens with one attached hydrogen (secondary N) is 1. The number of hydrogen-bond acceptors (Lipinski definition) is 14. The van der Waals surface area contributed by atoms with Crippen molar-refractivity contribution < 1.29 is 39.1 Å². The largest absolute Gasteiger partial charge is 0.393 e. The third-order valence-corrected chi connectivity index (χ3v) is 6.19. The summed E-state index contributed by atoms with van der Waals surface area (Å²) < 4.78 is 27.0. The highest BCUT2D eigenvalue weighted by molar-refractivity contribution is 5.29. The maximum atomic E-state index is 14.7. The molecule has 7 N–H and O–H groups in total. The minimum absolute atomic E-state index is 0.111. The zero-order valence-electron chi connectivity index (χ0n) is 19.7. The number of halogens is 1. The second kappa shape index (κ2) is 10.6. The average Bonchev–Trinajstić information content (AvgIpc) is 3.33. The second-order valence-corrected chi connectivity index (χ2v) is 8.47. The lowest BCUT2D eigenvalue weighted by Crippen LogP contribution is -2.47. The number of anilines is 2. The molecule has 2 aromatic rings. The maximum absolute atomic E-state index is 14.7. The third kappa shape index (κ3) is 4.67. The molecule has 0 saturated carbocycles. The Morgan fingerprint density at radius 2 is 1.87 bits per heavy atom. The topological polar surface area (TPSA) is 265 Å². The monoisotopic (exact) mass is 551 g/mol. The molecular formula is C20H22FN9O9. The van der Waals surface area contributed by atoms with E-state index in [1.54, 1.807) is 0 Å². The quantitative estimate of drug-likeness (QED) is 0.0641. The Hall–Kier alpha value is -4.12. The Balaban J connectivity index is 1.57. The molecular weight excluding hydrogens is 529 g/mol. The van der Waals surface area contributed by atoms with Gasteiger partial charge in [0.1, 0.15) is 18.0 Å². The molecule has 0 spiro atoms. The molecule has 18 nitrogen and oxygen atoms in total. The molecule has 0 bridgehead atoms. The predicted molar refractivity (Wildman–Crippen MR) is 125 cm³/mol. The fraction of sp³-hybridized carbons (Fsp3) is 0.500. The van der Waals surface area contributed by atoms with E-state index in [-0.39, 0.29) is 11.6 Å². The summed E-state index contributed by atoms with van der Waals surface area (Å²) in [6, 6.07) is 2.35. The number of nitrogen functional groups attached to an aromatic ring is 1. The first-order chi connectivity index (χ1) is 18.6. The molecule has 2 aliphatic rings. The first-order valence-electron chi connectivity index (χ1n) is 11.0. The fourth-order valence-electron chi connectivity index (χ4n) is 4.14. The van der Waals surface area contributed by atoms with E-state index in [1.165, 1.54) is 6.07 Å². The molecule has 2 fully saturated rings. The van der Waals surface area contributed by atoms with Crippen LogP contribution in [-0.2, 0) is 14.3 Å². The lowest BCUT2D eigenvalue weighted by atomic mass is 9.98. The zero-order valence-corrected chi connectivity index (χ0v) is 19.7. The molecule has 8 atom stereocenters. The molecule has 4 rings (SSSR count). The Bertz CT molecular complexity index is 1440. The van der Waals surface area contributed by atoms with Crippen LogP contribution in [0.3, 0.4) is 0 Å². The zero-order chi connectivity index (χ0) is 28.5. The summed E-state index contributed by atoms with van der Waals surface area (Å²) in [6.07, 6.45) is -3.39. The molecule has 1 unspecified atom stereocenters. The van der Waals surface area contributed by atoms with Gasteiger partial charge in [-0.3, -0.25) is 14.0 Å². The van der Waals surface area contributed by atoms with Crippen LogP contribution in [0.15, 0.2) is 39.2 Å². The number of azide groups is 1. The highest BCUT2D eigenvalue weighted by Gasteiger charge is 2.57. The van der Waals surface area contributed by atoms with Crippen LogP contribution in [0.4, 0.5) is 16.0 Å². The van der Waals surface area contributed by atoms with Gasteiger partial charge in [-0.15, -0.1) is 6.42 Å². The van der Waals surface area contributed by atoms with E-state index < -0.39 is 72.9 Å². The van der Waals surface area contributed by atoms with E-state index in [4.69, 9.17) is 32.0 Å². The summed E-state index contributed by atoms with van der Waals surface area (Å²) in [4.78, 5) is 40.0. The third-order valence-electron chi connectivity index (χ3n) is 6.19. The summed E-state index contributed by atoms with van der Waals surface area (Å²) in [5.74, 6) is 1.58. The van der Waals surface area contributed by atoms with Gasteiger partial charge in [0.25, 0.3) is 0 Å². The number of aliphatic hydroxyl groups is 4. The fourth-order valence-corrected chi connectivity index (χ4v) is 4.14. The molecule has 0 aliphatic carbocycles. The normalized spacial score (nSPS) is 33.8. The van der Waals surface area contributed by atoms with E-state index in [1.807, 2.05) is 5.92 Å². The minimum Gasteiger partial charge on any atom is -0.393 e. The molecule has 2 aliphatic heterocycles. The van der Waals surface area contributed by atoms with Crippen LogP contribution in [0.5, 0.6) is 0 Å². The number of alkyl halides is 1. The van der Waals surface area contributed by atoms with Crippen LogP contribution in [0.25, 0.3) is 10.4 Å². The first-order valence-corrected chi connectivity index (χ1v) is 11.0. The van der Waals surface area contributed by atoms with Gasteiger partial charge in [-0.25, -0.2) is 19.5 Å². The van der Waals surface area contributed by atoms with Crippen molar-refractivity contribution in [2.24, 2.45) is 5.11 Å². The molecule has 0 amide bonds. The maximum Gasteiger partial charge on any atom is 0.351 e. The highest BCUT2D eigenvalue weighted by atomic mass is 19.1. The van der Waals surface area contributed by atoms with Crippen molar-refractivity contribution in [3.63, 3.8) is 0 Å². The Labute approximate surface area is 216 Å². The lowest BCUT2D eigenvalue weighted by molar-refractivity contribution is -0.131. The molecule has 208 valence electrons. The smallest absolute Gasteiger partial charge is 0.351 e. The van der Waals surface area contributed by atoms with Crippen molar-refractivity contribution >= 4 is 11.6 Å². The van der Waals surface area contributed by atoms with Crippen LogP contribution in [-0.4, -0.2) is 88.6 Å². The van der Waals surface area contributed by atoms with Crippen molar-refractivity contribution in [3.8, 4) is 12.3 Å². The Morgan fingerprint density at radius 1 is 1.21 bits per heavy atom. The lowest BCUT2D eigenvalue weighted by Gasteiger charge is -2.27. The van der Waals surface area contributed by atoms with Crippen LogP contribution in [0.1, 0.15) is 12.5 Å². The van der Waals surface area contributed by atoms with Crippen molar-refractivity contribution in [1.82, 2.24) is 19.1 Å². The van der Waals surface area contributed by atoms with E-state index in [0.717, 1.165) is 23.0 Å². The Morgan fingerprint density at radius 3 is 2.44 bits per heavy atom. The van der Waals surface area contributed by atoms with E-state index in [9.17, 15) is 34.4 Å². The van der Waals surface area contributed by atoms with Crippen LogP contribution < -0.4 is 22.6 Å². The number of terminal acetylenes is 1. The summed E-state index contributed by atoms with van der Waals surface area (Å²) in [6.45, 7) is -1.93. The molecule has 2 saturated heterocycles. The minimum atomic E-state index is -2.25. The van der Waals surface area contributed by atoms with Gasteiger partial charge in [0, 0.05) is 17.3 Å². The number of nitrogens with two attached hydrogens (primary N) is 1. The predicted octanol–water partition coefficient (Wildman–Crippen LogP) is -2.72. The van der Waals surface area contributed by atoms with Gasteiger partial charge in [-0.1, -0.05) is 11.0 Å². The van der Waals surface area contributed by atoms with Crippen molar-refractivity contribution in [2.75, 3.05) is 24.4 Å². The van der Waals surface area contributed by atoms with E-state index in [2.05, 4.69) is 25.5 Å². The molecule has 2 aromatic heterocycles. The van der Waals surface area contributed by atoms with Crippen molar-refractivity contribution in [3.05, 3.63) is 55.9 Å². The van der Waals surface area contributed by atoms with Crippen LogP contribution in [0.2, 0.25) is 0 Å². The van der Waals surface area contributed by atoms with Crippen molar-refractivity contribution in [2.45, 2.75) is 48.3 Å². The molecule has 4 heterocycles. The van der Waals surface area contributed by atoms with Gasteiger partial charge >= 0.3 is 11.4 Å². The summed E-state index contributed by atoms with van der Waals surface area (Å²) >= 11 is 0. The van der Waals surface area contributed by atoms with Gasteiger partial charge in [0.15, 0.2) is 36.2 Å². The number of aromatic nitrogens is 4. The van der Waals surface area contributed by atoms with Gasteiger partial charge < -0.3 is 35.6 Å². The number of aliphatic hydroxyl groups excluding tert-OH is 4. The number of ether oxygens (including phenoxy) is 2. The molecule has 0 aromatic carbocycles. The highest BCUT2D eigenvalue weighted by Crippen LogP contribution is 2.40. The SMILES string of the molecule is C#C[C@]1(CO)O[C@@H](n2ccc(NO[C@H]3[C@H](O)[C@H](n4ccc(N)nc4=O)OC3(CO)N=[N+]=[N-])nc2=O)[C@H](F)[C@@H]1O. The van der Waals surface area contributed by atoms with Gasteiger partial charge in [-0.05, 0) is 17.7 Å². The van der Waals surface area contributed by atoms with Gasteiger partial charge in [0.2, 0.25) is 5.72 Å². The average molecular weight is 551 g/mol. The standard InChI is InChI=1S/C20H22FN9O9/c1-2-19(7-31)13(34)11(21)15(37-19)29-6-4-10(25-18(29)36)26-39-14-12(33)16(38-20(14,8-32)27-28-23)30-5-3-9(22)24-17(30)35/h1,3-6,11-16,31-34H,7-8H2,(H2,22,24,35)(H,25,26,36)/t11-,12+,13+,14+,15-,16-,19-,20?/m1/s1. The van der Waals surface area contributed by atoms with E-state index >= 15 is 0 Å². The number of hydrogen-bond donors (Lipinski definition) is 6. The van der Waals surface area contributed by atoms with Crippen LogP contribution >= 0.6 is 0 Å². The number of nitrogens with zero attached hydrogens (tertiary/aromatic N) is 7. The summed E-state index contributed by atoms with van der Waals surface area (Å²) in [5.41, 5.74) is 10.4. The first kappa shape index (κ1) is 27.9. The number of rotatable bonds is 8. The van der Waals surface area contributed by atoms with Gasteiger partial charge in [-0.2, -0.15) is 9.97 Å². The molecule has 0 radical (unpaired) electrons.